The smallest absolute Gasteiger partial charge is 0.287 e. The van der Waals surface area contributed by atoms with Gasteiger partial charge in [-0.3, -0.25) is 4.79 Å². The Morgan fingerprint density at radius 1 is 1.04 bits per heavy atom. The number of carbonyl (C=O) groups is 1. The highest BCUT2D eigenvalue weighted by atomic mass is 32.2. The average molecular weight is 386 g/mol. The Labute approximate surface area is 158 Å². The Hall–Kier alpha value is -2.64. The van der Waals surface area contributed by atoms with Crippen LogP contribution in [0.25, 0.3) is 11.0 Å². The van der Waals surface area contributed by atoms with Crippen molar-refractivity contribution in [3.8, 4) is 0 Å². The molecule has 0 aliphatic carbocycles. The largest absolute Gasteiger partial charge is 0.450 e. The van der Waals surface area contributed by atoms with E-state index in [9.17, 15) is 13.2 Å². The van der Waals surface area contributed by atoms with Crippen molar-refractivity contribution in [2.45, 2.75) is 32.1 Å². The number of nitrogens with one attached hydrogen (secondary N) is 1. The molecule has 27 heavy (non-hydrogen) atoms. The molecule has 0 aliphatic rings. The first kappa shape index (κ1) is 19.1. The fourth-order valence-corrected chi connectivity index (χ4v) is 3.50. The fourth-order valence-electron chi connectivity index (χ4n) is 2.98. The third kappa shape index (κ3) is 3.89. The summed E-state index contributed by atoms with van der Waals surface area (Å²) in [6.45, 7) is 6.27. The SMILES string of the molecule is Cc1ccc2c(C)c(C(=O)NCCc3ccc(S(N)(=O)=O)cc3)oc2c1C. The van der Waals surface area contributed by atoms with Crippen LogP contribution in [0.5, 0.6) is 0 Å². The van der Waals surface area contributed by atoms with Gasteiger partial charge in [-0.05, 0) is 56.0 Å². The first-order valence-corrected chi connectivity index (χ1v) is 10.1. The number of primary sulfonamides is 1. The van der Waals surface area contributed by atoms with Crippen molar-refractivity contribution in [3.05, 3.63) is 64.4 Å². The van der Waals surface area contributed by atoms with E-state index in [1.807, 2.05) is 32.9 Å². The number of hydrogen-bond donors (Lipinski definition) is 2. The Morgan fingerprint density at radius 3 is 2.33 bits per heavy atom. The molecule has 0 radical (unpaired) electrons. The van der Waals surface area contributed by atoms with Gasteiger partial charge in [-0.2, -0.15) is 0 Å². The van der Waals surface area contributed by atoms with E-state index in [0.717, 1.165) is 33.2 Å². The van der Waals surface area contributed by atoms with Gasteiger partial charge in [-0.1, -0.05) is 24.3 Å². The Morgan fingerprint density at radius 2 is 1.70 bits per heavy atom. The van der Waals surface area contributed by atoms with Crippen LogP contribution in [0.2, 0.25) is 0 Å². The van der Waals surface area contributed by atoms with Crippen molar-refractivity contribution >= 4 is 26.9 Å². The van der Waals surface area contributed by atoms with E-state index in [-0.39, 0.29) is 10.8 Å². The summed E-state index contributed by atoms with van der Waals surface area (Å²) in [7, 11) is -3.70. The van der Waals surface area contributed by atoms with Gasteiger partial charge in [0.2, 0.25) is 10.0 Å². The molecule has 1 aromatic heterocycles. The van der Waals surface area contributed by atoms with Crippen LogP contribution in [0.1, 0.15) is 32.8 Å². The molecule has 3 N–H and O–H groups in total. The molecule has 0 fully saturated rings. The topological polar surface area (TPSA) is 102 Å². The molecule has 142 valence electrons. The maximum atomic E-state index is 12.5. The van der Waals surface area contributed by atoms with Crippen LogP contribution in [-0.4, -0.2) is 20.9 Å². The lowest BCUT2D eigenvalue weighted by Gasteiger charge is -2.05. The molecule has 3 rings (SSSR count). The number of benzene rings is 2. The van der Waals surface area contributed by atoms with Gasteiger partial charge in [0.25, 0.3) is 5.91 Å². The number of aryl methyl sites for hydroxylation is 3. The minimum atomic E-state index is -3.70. The van der Waals surface area contributed by atoms with E-state index in [1.165, 1.54) is 12.1 Å². The summed E-state index contributed by atoms with van der Waals surface area (Å²) < 4.78 is 28.4. The highest BCUT2D eigenvalue weighted by molar-refractivity contribution is 7.89. The number of fused-ring (bicyclic) bond motifs is 1. The second-order valence-corrected chi connectivity index (χ2v) is 8.20. The molecule has 0 unspecified atom stereocenters. The monoisotopic (exact) mass is 386 g/mol. The summed E-state index contributed by atoms with van der Waals surface area (Å²) in [5, 5.41) is 8.88. The first-order chi connectivity index (χ1) is 12.7. The number of sulfonamides is 1. The van der Waals surface area contributed by atoms with Crippen molar-refractivity contribution in [1.29, 1.82) is 0 Å². The maximum absolute atomic E-state index is 12.5. The van der Waals surface area contributed by atoms with E-state index in [1.54, 1.807) is 12.1 Å². The van der Waals surface area contributed by atoms with E-state index < -0.39 is 10.0 Å². The van der Waals surface area contributed by atoms with Crippen LogP contribution >= 0.6 is 0 Å². The molecule has 0 aliphatic heterocycles. The van der Waals surface area contributed by atoms with Gasteiger partial charge >= 0.3 is 0 Å². The molecule has 0 saturated heterocycles. The maximum Gasteiger partial charge on any atom is 0.287 e. The van der Waals surface area contributed by atoms with Gasteiger partial charge in [0, 0.05) is 17.5 Å². The summed E-state index contributed by atoms with van der Waals surface area (Å²) in [6, 6.07) is 10.3. The van der Waals surface area contributed by atoms with Gasteiger partial charge in [0.05, 0.1) is 4.90 Å². The van der Waals surface area contributed by atoms with E-state index in [0.29, 0.717) is 18.7 Å². The third-order valence-corrected chi connectivity index (χ3v) is 5.71. The minimum Gasteiger partial charge on any atom is -0.450 e. The highest BCUT2D eigenvalue weighted by Crippen LogP contribution is 2.29. The van der Waals surface area contributed by atoms with Gasteiger partial charge in [-0.25, -0.2) is 13.6 Å². The summed E-state index contributed by atoms with van der Waals surface area (Å²) in [6.07, 6.45) is 0.564. The molecule has 3 aromatic rings. The van der Waals surface area contributed by atoms with Crippen molar-refractivity contribution in [2.24, 2.45) is 5.14 Å². The Balaban J connectivity index is 1.69. The molecule has 0 spiro atoms. The summed E-state index contributed by atoms with van der Waals surface area (Å²) >= 11 is 0. The number of nitrogens with two attached hydrogens (primary N) is 1. The molecule has 0 saturated carbocycles. The standard InChI is InChI=1S/C20H22N2O4S/c1-12-4-9-17-14(3)19(26-18(17)13(12)2)20(23)22-11-10-15-5-7-16(8-6-15)27(21,24)25/h4-9H,10-11H2,1-3H3,(H,22,23)(H2,21,24,25). The van der Waals surface area contributed by atoms with Crippen LogP contribution in [0.15, 0.2) is 45.7 Å². The molecule has 7 heteroatoms. The van der Waals surface area contributed by atoms with E-state index in [2.05, 4.69) is 5.32 Å². The zero-order chi connectivity index (χ0) is 19.8. The number of rotatable bonds is 5. The van der Waals surface area contributed by atoms with Gasteiger partial charge in [-0.15, -0.1) is 0 Å². The van der Waals surface area contributed by atoms with E-state index in [4.69, 9.17) is 9.56 Å². The van der Waals surface area contributed by atoms with Crippen molar-refractivity contribution in [3.63, 3.8) is 0 Å². The number of furan rings is 1. The van der Waals surface area contributed by atoms with Gasteiger partial charge < -0.3 is 9.73 Å². The van der Waals surface area contributed by atoms with Crippen LogP contribution in [0, 0.1) is 20.8 Å². The molecule has 0 bridgehead atoms. The molecule has 1 amide bonds. The predicted molar refractivity (Wildman–Crippen MR) is 104 cm³/mol. The van der Waals surface area contributed by atoms with Crippen molar-refractivity contribution in [1.82, 2.24) is 5.32 Å². The number of hydrogen-bond acceptors (Lipinski definition) is 4. The Kier molecular flexibility index (Phi) is 5.08. The zero-order valence-corrected chi connectivity index (χ0v) is 16.3. The highest BCUT2D eigenvalue weighted by Gasteiger charge is 2.18. The van der Waals surface area contributed by atoms with Crippen molar-refractivity contribution < 1.29 is 17.6 Å². The predicted octanol–water partition coefficient (Wildman–Crippen LogP) is 2.98. The third-order valence-electron chi connectivity index (χ3n) is 4.78. The second kappa shape index (κ2) is 7.17. The van der Waals surface area contributed by atoms with E-state index >= 15 is 0 Å². The summed E-state index contributed by atoms with van der Waals surface area (Å²) in [5.74, 6) is 0.0604. The van der Waals surface area contributed by atoms with Crippen LogP contribution in [0.4, 0.5) is 0 Å². The lowest BCUT2D eigenvalue weighted by Crippen LogP contribution is -2.25. The number of amides is 1. The van der Waals surface area contributed by atoms with Gasteiger partial charge in [0.1, 0.15) is 5.58 Å². The molecule has 1 heterocycles. The lowest BCUT2D eigenvalue weighted by atomic mass is 10.0. The normalized spacial score (nSPS) is 11.7. The summed E-state index contributed by atoms with van der Waals surface area (Å²) in [4.78, 5) is 12.6. The van der Waals surface area contributed by atoms with Crippen molar-refractivity contribution in [2.75, 3.05) is 6.54 Å². The summed E-state index contributed by atoms with van der Waals surface area (Å²) in [5.41, 5.74) is 4.62. The molecule has 0 atom stereocenters. The van der Waals surface area contributed by atoms with Crippen LogP contribution in [0.3, 0.4) is 0 Å². The van der Waals surface area contributed by atoms with Crippen LogP contribution < -0.4 is 10.5 Å². The molecular formula is C20H22N2O4S. The molecule has 6 nitrogen and oxygen atoms in total. The average Bonchev–Trinajstić information content (AvgIpc) is 2.95. The first-order valence-electron chi connectivity index (χ1n) is 8.57. The second-order valence-electron chi connectivity index (χ2n) is 6.64. The fraction of sp³-hybridized carbons (Fsp3) is 0.250. The molecular weight excluding hydrogens is 364 g/mol. The minimum absolute atomic E-state index is 0.0684. The van der Waals surface area contributed by atoms with Crippen LogP contribution in [-0.2, 0) is 16.4 Å². The number of carbonyl (C=O) groups excluding carboxylic acids is 1. The zero-order valence-electron chi connectivity index (χ0n) is 15.5. The van der Waals surface area contributed by atoms with Gasteiger partial charge in [0.15, 0.2) is 5.76 Å². The Bertz CT molecular complexity index is 1110. The lowest BCUT2D eigenvalue weighted by molar-refractivity contribution is 0.0927. The molecule has 2 aromatic carbocycles. The quantitative estimate of drug-likeness (QED) is 0.704.